The van der Waals surface area contributed by atoms with Crippen LogP contribution in [0.25, 0.3) is 0 Å². The van der Waals surface area contributed by atoms with Crippen molar-refractivity contribution < 1.29 is 26.3 Å². The van der Waals surface area contributed by atoms with Crippen molar-refractivity contribution in [2.24, 2.45) is 5.92 Å². The maximum absolute atomic E-state index is 12.8. The number of ether oxygens (including phenoxy) is 1. The molecule has 10 heteroatoms. The Morgan fingerprint density at radius 3 is 2.58 bits per heavy atom. The summed E-state index contributed by atoms with van der Waals surface area (Å²) in [5, 5.41) is -0.494. The van der Waals surface area contributed by atoms with Crippen molar-refractivity contribution in [1.29, 1.82) is 0 Å². The Hall–Kier alpha value is -2.23. The van der Waals surface area contributed by atoms with Crippen LogP contribution in [0.3, 0.4) is 0 Å². The van der Waals surface area contributed by atoms with Gasteiger partial charge in [0.1, 0.15) is 16.4 Å². The molecule has 0 radical (unpaired) electrons. The van der Waals surface area contributed by atoms with Crippen LogP contribution in [0.4, 0.5) is 13.2 Å². The highest BCUT2D eigenvalue weighted by Crippen LogP contribution is 2.33. The molecule has 168 valence electrons. The summed E-state index contributed by atoms with van der Waals surface area (Å²) in [7, 11) is -2.21. The Bertz CT molecular complexity index is 1090. The number of allylic oxidation sites excluding steroid dienone is 3. The maximum atomic E-state index is 12.8. The maximum Gasteiger partial charge on any atom is 0.416 e. The molecule has 1 aromatic rings. The van der Waals surface area contributed by atoms with Gasteiger partial charge in [-0.2, -0.15) is 13.2 Å². The van der Waals surface area contributed by atoms with Crippen molar-refractivity contribution in [2.75, 3.05) is 13.6 Å². The number of nitrogens with one attached hydrogen (secondary N) is 1. The van der Waals surface area contributed by atoms with E-state index >= 15 is 0 Å². The van der Waals surface area contributed by atoms with Crippen molar-refractivity contribution >= 4 is 21.6 Å². The topological polar surface area (TPSA) is 58.6 Å². The fourth-order valence-corrected chi connectivity index (χ4v) is 5.16. The third-order valence-electron chi connectivity index (χ3n) is 4.77. The number of likely N-dealkylation sites (N-methyl/N-ethyl adjacent to an activating group) is 1. The second-order valence-corrected chi connectivity index (χ2v) is 9.67. The van der Waals surface area contributed by atoms with Crippen LogP contribution in [0.2, 0.25) is 5.02 Å². The second-order valence-electron chi connectivity index (χ2n) is 7.58. The van der Waals surface area contributed by atoms with Crippen LogP contribution in [-0.4, -0.2) is 33.0 Å². The molecule has 1 heterocycles. The smallest absolute Gasteiger partial charge is 0.416 e. The van der Waals surface area contributed by atoms with Crippen LogP contribution in [-0.2, 0) is 20.9 Å². The second kappa shape index (κ2) is 8.72. The van der Waals surface area contributed by atoms with Gasteiger partial charge < -0.3 is 9.64 Å². The number of rotatable bonds is 5. The molecule has 31 heavy (non-hydrogen) atoms. The first kappa shape index (κ1) is 23.4. The Kier molecular flexibility index (Phi) is 6.59. The molecule has 0 spiro atoms. The summed E-state index contributed by atoms with van der Waals surface area (Å²) >= 11 is 5.85. The van der Waals surface area contributed by atoms with Crippen LogP contribution in [0, 0.1) is 5.92 Å². The summed E-state index contributed by atoms with van der Waals surface area (Å²) in [6.45, 7) is 4.38. The van der Waals surface area contributed by atoms with Gasteiger partial charge in [-0.05, 0) is 54.8 Å². The van der Waals surface area contributed by atoms with Crippen molar-refractivity contribution in [2.45, 2.75) is 31.0 Å². The van der Waals surface area contributed by atoms with Crippen LogP contribution in [0.15, 0.2) is 70.7 Å². The number of benzene rings is 1. The summed E-state index contributed by atoms with van der Waals surface area (Å²) in [4.78, 5) is 1.58. The van der Waals surface area contributed by atoms with Gasteiger partial charge in [0, 0.05) is 19.3 Å². The number of hydrogen-bond acceptors (Lipinski definition) is 4. The van der Waals surface area contributed by atoms with E-state index in [0.29, 0.717) is 24.4 Å². The predicted octanol–water partition coefficient (Wildman–Crippen LogP) is 4.85. The highest BCUT2D eigenvalue weighted by Gasteiger charge is 2.33. The van der Waals surface area contributed by atoms with Crippen LogP contribution >= 0.6 is 11.6 Å². The van der Waals surface area contributed by atoms with Crippen molar-refractivity contribution in [3.05, 3.63) is 76.4 Å². The largest absolute Gasteiger partial charge is 0.460 e. The molecule has 0 bridgehead atoms. The molecule has 5 nitrogen and oxygen atoms in total. The molecule has 1 aliphatic carbocycles. The van der Waals surface area contributed by atoms with Gasteiger partial charge in [-0.15, -0.1) is 0 Å². The highest BCUT2D eigenvalue weighted by molar-refractivity contribution is 7.89. The van der Waals surface area contributed by atoms with Crippen LogP contribution in [0.5, 0.6) is 0 Å². The average molecular weight is 475 g/mol. The average Bonchev–Trinajstić information content (AvgIpc) is 2.62. The zero-order chi connectivity index (χ0) is 23.0. The Labute approximate surface area is 184 Å². The molecule has 0 fully saturated rings. The van der Waals surface area contributed by atoms with Gasteiger partial charge in [0.25, 0.3) is 0 Å². The fraction of sp³-hybridized carbons (Fsp3) is 0.333. The Morgan fingerprint density at radius 2 is 2.00 bits per heavy atom. The third kappa shape index (κ3) is 5.72. The van der Waals surface area contributed by atoms with E-state index < -0.39 is 37.7 Å². The Balaban J connectivity index is 1.71. The van der Waals surface area contributed by atoms with E-state index in [1.54, 1.807) is 25.2 Å². The minimum atomic E-state index is -4.61. The van der Waals surface area contributed by atoms with E-state index in [1.165, 1.54) is 0 Å². The summed E-state index contributed by atoms with van der Waals surface area (Å²) in [6, 6.07) is 1.54. The molecule has 0 aromatic heterocycles. The monoisotopic (exact) mass is 474 g/mol. The van der Waals surface area contributed by atoms with Gasteiger partial charge in [0.05, 0.1) is 17.1 Å². The molecule has 1 aromatic carbocycles. The fourth-order valence-electron chi connectivity index (χ4n) is 3.33. The quantitative estimate of drug-likeness (QED) is 0.663. The lowest BCUT2D eigenvalue weighted by molar-refractivity contribution is -0.137. The summed E-state index contributed by atoms with van der Waals surface area (Å²) < 4.78 is 72.3. The molecule has 3 rings (SSSR count). The van der Waals surface area contributed by atoms with Gasteiger partial charge in [-0.25, -0.2) is 13.1 Å². The minimum Gasteiger partial charge on any atom is -0.460 e. The lowest BCUT2D eigenvalue weighted by atomic mass is 9.97. The summed E-state index contributed by atoms with van der Waals surface area (Å²) in [5.41, 5.74) is 0.0380. The molecular formula is C21H22ClF3N2O3S. The number of hydrogen-bond donors (Lipinski definition) is 1. The van der Waals surface area contributed by atoms with Gasteiger partial charge >= 0.3 is 6.18 Å². The first-order valence-corrected chi connectivity index (χ1v) is 11.3. The zero-order valence-electron chi connectivity index (χ0n) is 17.1. The van der Waals surface area contributed by atoms with Crippen molar-refractivity contribution in [1.82, 2.24) is 9.62 Å². The van der Waals surface area contributed by atoms with Gasteiger partial charge in [-0.1, -0.05) is 24.6 Å². The lowest BCUT2D eigenvalue weighted by Crippen LogP contribution is -2.38. The van der Waals surface area contributed by atoms with E-state index in [4.69, 9.17) is 16.3 Å². The van der Waals surface area contributed by atoms with Gasteiger partial charge in [-0.3, -0.25) is 0 Å². The van der Waals surface area contributed by atoms with Crippen LogP contribution < -0.4 is 4.72 Å². The molecule has 1 aliphatic heterocycles. The molecule has 0 saturated heterocycles. The van der Waals surface area contributed by atoms with Crippen molar-refractivity contribution in [3.63, 3.8) is 0 Å². The minimum absolute atomic E-state index is 0.262. The third-order valence-corrected chi connectivity index (χ3v) is 6.71. The molecule has 1 N–H and O–H groups in total. The standard InChI is InChI=1S/C21H22ClF3N2O3S/c1-13-8-17(12-27(3)11-13)30-16-5-6-19(14(2)9-16)26-31(28,29)20-7-4-15(10-18(20)22)21(23,24)25/h4-11,14,19,26H,12H2,1-3H3. The number of halogens is 4. The summed E-state index contributed by atoms with van der Waals surface area (Å²) in [5.74, 6) is 1.09. The predicted molar refractivity (Wildman–Crippen MR) is 113 cm³/mol. The normalized spacial score (nSPS) is 22.0. The summed E-state index contributed by atoms with van der Waals surface area (Å²) in [6.07, 6.45) is 4.41. The molecule has 0 amide bonds. The molecular weight excluding hydrogens is 453 g/mol. The van der Waals surface area contributed by atoms with E-state index in [2.05, 4.69) is 4.72 Å². The molecule has 2 aliphatic rings. The van der Waals surface area contributed by atoms with E-state index in [1.807, 2.05) is 31.1 Å². The number of sulfonamides is 1. The van der Waals surface area contributed by atoms with Gasteiger partial charge in [0.2, 0.25) is 10.0 Å². The van der Waals surface area contributed by atoms with E-state index in [-0.39, 0.29) is 5.92 Å². The highest BCUT2D eigenvalue weighted by atomic mass is 35.5. The molecule has 2 unspecified atom stereocenters. The van der Waals surface area contributed by atoms with Crippen molar-refractivity contribution in [3.8, 4) is 0 Å². The first-order valence-electron chi connectivity index (χ1n) is 9.41. The van der Waals surface area contributed by atoms with E-state index in [9.17, 15) is 21.6 Å². The number of nitrogens with zero attached hydrogens (tertiary/aromatic N) is 1. The van der Waals surface area contributed by atoms with E-state index in [0.717, 1.165) is 17.4 Å². The molecule has 2 atom stereocenters. The zero-order valence-corrected chi connectivity index (χ0v) is 18.6. The lowest BCUT2D eigenvalue weighted by Gasteiger charge is -2.26. The Morgan fingerprint density at radius 1 is 1.29 bits per heavy atom. The number of alkyl halides is 3. The van der Waals surface area contributed by atoms with Crippen LogP contribution in [0.1, 0.15) is 19.4 Å². The first-order chi connectivity index (χ1) is 14.3. The SMILES string of the molecule is CC1=CN(C)CC(OC2=CC(C)C(NS(=O)(=O)c3ccc(C(F)(F)F)cc3Cl)C=C2)=C1. The molecule has 0 saturated carbocycles. The van der Waals surface area contributed by atoms with Gasteiger partial charge in [0.15, 0.2) is 0 Å².